The van der Waals surface area contributed by atoms with Gasteiger partial charge in [0.15, 0.2) is 11.5 Å². The molecule has 0 radical (unpaired) electrons. The first-order valence-corrected chi connectivity index (χ1v) is 11.3. The number of rotatable bonds is 8. The van der Waals surface area contributed by atoms with Gasteiger partial charge in [-0.25, -0.2) is 0 Å². The van der Waals surface area contributed by atoms with E-state index in [4.69, 9.17) is 18.6 Å². The lowest BCUT2D eigenvalue weighted by Crippen LogP contribution is -2.36. The van der Waals surface area contributed by atoms with Crippen LogP contribution in [0.4, 0.5) is 11.4 Å². The Morgan fingerprint density at radius 1 is 1.15 bits per heavy atom. The summed E-state index contributed by atoms with van der Waals surface area (Å²) in [6.07, 6.45) is 1.42. The number of ether oxygens (including phenoxy) is 3. The summed E-state index contributed by atoms with van der Waals surface area (Å²) in [6, 6.07) is 7.96. The molecular formula is C22H22N4O7S. The Balaban J connectivity index is 1.47. The van der Waals surface area contributed by atoms with Crippen molar-refractivity contribution in [2.45, 2.75) is 18.1 Å². The molecule has 0 saturated carbocycles. The van der Waals surface area contributed by atoms with Gasteiger partial charge in [0.1, 0.15) is 0 Å². The molecule has 0 unspecified atom stereocenters. The van der Waals surface area contributed by atoms with Crippen molar-refractivity contribution in [3.05, 3.63) is 46.0 Å². The minimum atomic E-state index is -0.432. The lowest BCUT2D eigenvalue weighted by atomic mass is 10.0. The highest BCUT2D eigenvalue weighted by Gasteiger charge is 2.25. The van der Waals surface area contributed by atoms with Crippen LogP contribution in [0.5, 0.6) is 17.2 Å². The van der Waals surface area contributed by atoms with E-state index in [0.29, 0.717) is 41.5 Å². The van der Waals surface area contributed by atoms with E-state index in [1.54, 1.807) is 23.1 Å². The number of anilines is 1. The second kappa shape index (κ2) is 10.00. The third-order valence-electron chi connectivity index (χ3n) is 5.33. The van der Waals surface area contributed by atoms with Gasteiger partial charge in [-0.15, -0.1) is 10.2 Å². The van der Waals surface area contributed by atoms with E-state index >= 15 is 0 Å². The van der Waals surface area contributed by atoms with Crippen molar-refractivity contribution in [1.82, 2.24) is 10.2 Å². The molecule has 0 aliphatic carbocycles. The molecule has 178 valence electrons. The number of fused-ring (bicyclic) bond motifs is 1. The number of thioether (sulfide) groups is 1. The highest BCUT2D eigenvalue weighted by Crippen LogP contribution is 2.41. The van der Waals surface area contributed by atoms with Crippen molar-refractivity contribution >= 4 is 29.0 Å². The summed E-state index contributed by atoms with van der Waals surface area (Å²) in [5.41, 5.74) is 2.09. The summed E-state index contributed by atoms with van der Waals surface area (Å²) in [5.74, 6) is 1.51. The molecule has 1 aliphatic rings. The predicted molar refractivity (Wildman–Crippen MR) is 124 cm³/mol. The van der Waals surface area contributed by atoms with Crippen LogP contribution in [-0.4, -0.2) is 54.7 Å². The predicted octanol–water partition coefficient (Wildman–Crippen LogP) is 3.74. The number of carbonyl (C=O) groups is 1. The van der Waals surface area contributed by atoms with Crippen LogP contribution in [0.1, 0.15) is 12.0 Å². The number of methoxy groups -OCH3 is 3. The number of amides is 1. The number of hydrogen-bond donors (Lipinski definition) is 0. The van der Waals surface area contributed by atoms with E-state index in [1.807, 2.05) is 0 Å². The van der Waals surface area contributed by atoms with Gasteiger partial charge in [-0.2, -0.15) is 0 Å². The van der Waals surface area contributed by atoms with Gasteiger partial charge in [0, 0.05) is 29.9 Å². The molecule has 11 nitrogen and oxygen atoms in total. The maximum atomic E-state index is 12.9. The minimum absolute atomic E-state index is 0.0209. The average Bonchev–Trinajstić information content (AvgIpc) is 3.34. The fraction of sp³-hybridized carbons (Fsp3) is 0.318. The van der Waals surface area contributed by atoms with E-state index in [2.05, 4.69) is 10.2 Å². The van der Waals surface area contributed by atoms with Gasteiger partial charge >= 0.3 is 0 Å². The first-order chi connectivity index (χ1) is 16.4. The SMILES string of the molecule is COc1cc(-c2nnc(SCC(=O)N3CCCc4cc([N+](=O)[O-])ccc43)o2)cc(OC)c1OC. The van der Waals surface area contributed by atoms with Gasteiger partial charge in [-0.3, -0.25) is 14.9 Å². The summed E-state index contributed by atoms with van der Waals surface area (Å²) in [5, 5.41) is 19.4. The van der Waals surface area contributed by atoms with Crippen LogP contribution < -0.4 is 19.1 Å². The third kappa shape index (κ3) is 4.62. The molecule has 2 heterocycles. The van der Waals surface area contributed by atoms with Gasteiger partial charge in [0.2, 0.25) is 17.5 Å². The van der Waals surface area contributed by atoms with Crippen LogP contribution in [0.3, 0.4) is 0 Å². The third-order valence-corrected chi connectivity index (χ3v) is 6.13. The average molecular weight is 487 g/mol. The Hall–Kier alpha value is -3.80. The molecule has 1 aliphatic heterocycles. The molecule has 0 spiro atoms. The Labute approximate surface area is 199 Å². The fourth-order valence-electron chi connectivity index (χ4n) is 3.75. The van der Waals surface area contributed by atoms with E-state index < -0.39 is 4.92 Å². The lowest BCUT2D eigenvalue weighted by molar-refractivity contribution is -0.384. The van der Waals surface area contributed by atoms with Crippen molar-refractivity contribution in [2.75, 3.05) is 38.5 Å². The van der Waals surface area contributed by atoms with Gasteiger partial charge in [-0.1, -0.05) is 11.8 Å². The topological polar surface area (TPSA) is 130 Å². The van der Waals surface area contributed by atoms with Gasteiger partial charge in [-0.05, 0) is 36.6 Å². The summed E-state index contributed by atoms with van der Waals surface area (Å²) >= 11 is 1.12. The van der Waals surface area contributed by atoms with Gasteiger partial charge in [0.25, 0.3) is 10.9 Å². The zero-order valence-corrected chi connectivity index (χ0v) is 19.6. The number of non-ortho nitro benzene ring substituents is 1. The molecule has 34 heavy (non-hydrogen) atoms. The molecule has 0 N–H and O–H groups in total. The summed E-state index contributed by atoms with van der Waals surface area (Å²) in [7, 11) is 4.54. The van der Waals surface area contributed by atoms with Crippen molar-refractivity contribution < 1.29 is 28.3 Å². The number of nitro benzene ring substituents is 1. The largest absolute Gasteiger partial charge is 0.493 e. The minimum Gasteiger partial charge on any atom is -0.493 e. The number of hydrogen-bond acceptors (Lipinski definition) is 10. The Morgan fingerprint density at radius 3 is 2.53 bits per heavy atom. The van der Waals surface area contributed by atoms with Crippen LogP contribution in [0, 0.1) is 10.1 Å². The van der Waals surface area contributed by atoms with Gasteiger partial charge < -0.3 is 23.5 Å². The van der Waals surface area contributed by atoms with Crippen molar-refractivity contribution in [3.8, 4) is 28.7 Å². The zero-order chi connectivity index (χ0) is 24.2. The number of nitrogens with zero attached hydrogens (tertiary/aromatic N) is 4. The lowest BCUT2D eigenvalue weighted by Gasteiger charge is -2.29. The first kappa shape index (κ1) is 23.4. The number of aryl methyl sites for hydroxylation is 1. The summed E-state index contributed by atoms with van der Waals surface area (Å²) in [6.45, 7) is 0.546. The number of nitro groups is 1. The normalized spacial score (nSPS) is 12.7. The summed E-state index contributed by atoms with van der Waals surface area (Å²) < 4.78 is 21.8. The van der Waals surface area contributed by atoms with Crippen LogP contribution in [0.25, 0.3) is 11.5 Å². The molecule has 0 fully saturated rings. The molecule has 1 amide bonds. The van der Waals surface area contributed by atoms with Gasteiger partial charge in [0.05, 0.1) is 32.0 Å². The smallest absolute Gasteiger partial charge is 0.277 e. The Morgan fingerprint density at radius 2 is 1.88 bits per heavy atom. The standard InChI is InChI=1S/C22H22N4O7S/c1-30-17-10-14(11-18(31-2)20(17)32-3)21-23-24-22(33-21)34-12-19(27)25-8-4-5-13-9-15(26(28)29)6-7-16(13)25/h6-7,9-11H,4-5,8,12H2,1-3H3. The maximum Gasteiger partial charge on any atom is 0.277 e. The highest BCUT2D eigenvalue weighted by molar-refractivity contribution is 7.99. The Kier molecular flexibility index (Phi) is 6.87. The first-order valence-electron chi connectivity index (χ1n) is 10.3. The molecule has 2 aromatic carbocycles. The monoisotopic (exact) mass is 486 g/mol. The van der Waals surface area contributed by atoms with Crippen LogP contribution in [-0.2, 0) is 11.2 Å². The Bertz CT molecular complexity index is 1200. The fourth-order valence-corrected chi connectivity index (χ4v) is 4.39. The molecule has 3 aromatic rings. The number of benzene rings is 2. The van der Waals surface area contributed by atoms with Crippen molar-refractivity contribution in [1.29, 1.82) is 0 Å². The van der Waals surface area contributed by atoms with E-state index in [9.17, 15) is 14.9 Å². The van der Waals surface area contributed by atoms with E-state index in [0.717, 1.165) is 23.7 Å². The van der Waals surface area contributed by atoms with Crippen LogP contribution in [0.2, 0.25) is 0 Å². The molecule has 0 bridgehead atoms. The zero-order valence-electron chi connectivity index (χ0n) is 18.8. The number of aromatic nitrogens is 2. The second-order valence-electron chi connectivity index (χ2n) is 7.29. The highest BCUT2D eigenvalue weighted by atomic mass is 32.2. The van der Waals surface area contributed by atoms with E-state index in [-0.39, 0.29) is 28.5 Å². The molecular weight excluding hydrogens is 464 g/mol. The maximum absolute atomic E-state index is 12.9. The van der Waals surface area contributed by atoms with Crippen molar-refractivity contribution in [2.24, 2.45) is 0 Å². The van der Waals surface area contributed by atoms with Crippen LogP contribution in [0.15, 0.2) is 40.0 Å². The molecule has 0 atom stereocenters. The van der Waals surface area contributed by atoms with Crippen molar-refractivity contribution in [3.63, 3.8) is 0 Å². The van der Waals surface area contributed by atoms with E-state index in [1.165, 1.54) is 33.5 Å². The molecule has 1 aromatic heterocycles. The second-order valence-corrected chi connectivity index (χ2v) is 8.22. The molecule has 0 saturated heterocycles. The van der Waals surface area contributed by atoms with Crippen LogP contribution >= 0.6 is 11.8 Å². The quantitative estimate of drug-likeness (QED) is 0.264. The molecule has 4 rings (SSSR count). The summed E-state index contributed by atoms with van der Waals surface area (Å²) in [4.78, 5) is 25.2. The number of carbonyl (C=O) groups excluding carboxylic acids is 1. The molecule has 12 heteroatoms.